The molecule has 6 aromatic rings. The van der Waals surface area contributed by atoms with Crippen LogP contribution in [0.1, 0.15) is 119 Å². The highest BCUT2D eigenvalue weighted by atomic mass is 16.5. The number of benzene rings is 6. The zero-order valence-electron chi connectivity index (χ0n) is 35.7. The first kappa shape index (κ1) is 41.7. The standard InChI is InChI=1S/C54H54N2O4/c1-53(2,3)47-29-39-25-43-21-37(17-19-55)23-45(51(43)59-33-35-13-9-7-10-14-35)27-41-31-48(54(4,5)6)32-42(50(41)58)28-46-24-38(18-20-56)22-44(26-40(30-47)49(39)57)52(46)60-34-36-15-11-8-12-16-36/h7-16,21-24,29-32,57-58H,17-18,25-28,33-34H2,1-6H3. The number of phenols is 2. The predicted octanol–water partition coefficient (Wildman–Crippen LogP) is 11.7. The summed E-state index contributed by atoms with van der Waals surface area (Å²) in [7, 11) is 0. The fourth-order valence-corrected chi connectivity index (χ4v) is 8.14. The van der Waals surface area contributed by atoms with Gasteiger partial charge in [0.05, 0.1) is 25.0 Å². The lowest BCUT2D eigenvalue weighted by Crippen LogP contribution is -2.14. The summed E-state index contributed by atoms with van der Waals surface area (Å²) in [5, 5.41) is 44.7. The summed E-state index contributed by atoms with van der Waals surface area (Å²) >= 11 is 0. The maximum Gasteiger partial charge on any atom is 0.126 e. The van der Waals surface area contributed by atoms with Crippen LogP contribution in [0, 0.1) is 22.7 Å². The summed E-state index contributed by atoms with van der Waals surface area (Å²) in [4.78, 5) is 0. The molecule has 8 bridgehead atoms. The summed E-state index contributed by atoms with van der Waals surface area (Å²) in [6.45, 7) is 13.7. The second-order valence-electron chi connectivity index (χ2n) is 18.2. The maximum absolute atomic E-state index is 12.4. The zero-order valence-corrected chi connectivity index (χ0v) is 35.7. The Bertz CT molecular complexity index is 2320. The van der Waals surface area contributed by atoms with Gasteiger partial charge >= 0.3 is 0 Å². The molecule has 6 heteroatoms. The van der Waals surface area contributed by atoms with Crippen LogP contribution in [0.2, 0.25) is 0 Å². The normalized spacial score (nSPS) is 12.6. The maximum atomic E-state index is 12.4. The fourth-order valence-electron chi connectivity index (χ4n) is 8.14. The number of ether oxygens (including phenoxy) is 2. The van der Waals surface area contributed by atoms with Crippen molar-refractivity contribution in [3.63, 3.8) is 0 Å². The van der Waals surface area contributed by atoms with E-state index in [2.05, 4.69) is 77.9 Å². The summed E-state index contributed by atoms with van der Waals surface area (Å²) < 4.78 is 13.6. The molecule has 1 aliphatic rings. The quantitative estimate of drug-likeness (QED) is 0.159. The van der Waals surface area contributed by atoms with Crippen molar-refractivity contribution in [2.75, 3.05) is 0 Å². The molecule has 60 heavy (non-hydrogen) atoms. The number of hydrogen-bond donors (Lipinski definition) is 2. The van der Waals surface area contributed by atoms with Gasteiger partial charge in [-0.3, -0.25) is 0 Å². The zero-order chi connectivity index (χ0) is 42.6. The minimum Gasteiger partial charge on any atom is -0.507 e. The van der Waals surface area contributed by atoms with Crippen LogP contribution in [0.25, 0.3) is 0 Å². The molecule has 2 N–H and O–H groups in total. The van der Waals surface area contributed by atoms with Crippen LogP contribution in [-0.4, -0.2) is 10.2 Å². The molecule has 0 radical (unpaired) electrons. The predicted molar refractivity (Wildman–Crippen MR) is 238 cm³/mol. The monoisotopic (exact) mass is 794 g/mol. The second kappa shape index (κ2) is 17.4. The number of nitrogens with zero attached hydrogens (tertiary/aromatic N) is 2. The van der Waals surface area contributed by atoms with Crippen molar-refractivity contribution in [1.29, 1.82) is 10.5 Å². The first-order chi connectivity index (χ1) is 28.7. The van der Waals surface area contributed by atoms with Gasteiger partial charge in [0, 0.05) is 25.7 Å². The molecule has 304 valence electrons. The number of aromatic hydroxyl groups is 2. The Balaban J connectivity index is 1.52. The van der Waals surface area contributed by atoms with Gasteiger partial charge in [-0.2, -0.15) is 10.5 Å². The lowest BCUT2D eigenvalue weighted by atomic mass is 9.81. The summed E-state index contributed by atoms with van der Waals surface area (Å²) in [6.07, 6.45) is 1.77. The van der Waals surface area contributed by atoms with Crippen LogP contribution in [0.15, 0.2) is 109 Å². The van der Waals surface area contributed by atoms with E-state index in [0.29, 0.717) is 50.4 Å². The Morgan fingerprint density at radius 2 is 0.750 bits per heavy atom. The van der Waals surface area contributed by atoms with Gasteiger partial charge in [-0.05, 0) is 88.7 Å². The highest BCUT2D eigenvalue weighted by Crippen LogP contribution is 2.42. The van der Waals surface area contributed by atoms with E-state index in [9.17, 15) is 20.7 Å². The minimum absolute atomic E-state index is 0.190. The van der Waals surface area contributed by atoms with E-state index in [1.165, 1.54) is 0 Å². The highest BCUT2D eigenvalue weighted by molar-refractivity contribution is 5.59. The molecule has 0 amide bonds. The Labute approximate surface area is 355 Å². The average molecular weight is 795 g/mol. The van der Waals surface area contributed by atoms with E-state index in [-0.39, 0.29) is 35.2 Å². The molecular formula is C54H54N2O4. The van der Waals surface area contributed by atoms with Crippen molar-refractivity contribution in [2.45, 2.75) is 104 Å². The van der Waals surface area contributed by atoms with E-state index in [1.54, 1.807) is 0 Å². The van der Waals surface area contributed by atoms with Crippen molar-refractivity contribution in [3.05, 3.63) is 187 Å². The summed E-state index contributed by atoms with van der Waals surface area (Å²) in [5.74, 6) is 1.74. The van der Waals surface area contributed by atoms with Crippen LogP contribution < -0.4 is 9.47 Å². The van der Waals surface area contributed by atoms with Crippen LogP contribution >= 0.6 is 0 Å². The second-order valence-corrected chi connectivity index (χ2v) is 18.2. The van der Waals surface area contributed by atoms with Gasteiger partial charge in [-0.15, -0.1) is 0 Å². The molecular weight excluding hydrogens is 741 g/mol. The van der Waals surface area contributed by atoms with E-state index in [1.807, 2.05) is 84.9 Å². The SMILES string of the molecule is CC(C)(C)c1cc2c(O)c(c1)Cc1cc(CC#N)cc(c1OCc1ccccc1)Cc1cc(C(C)(C)C)cc(c1O)Cc1cc(CC#N)cc(c1OCc1ccccc1)C2. The van der Waals surface area contributed by atoms with Gasteiger partial charge in [-0.25, -0.2) is 0 Å². The first-order valence-corrected chi connectivity index (χ1v) is 20.8. The minimum atomic E-state index is -0.246. The molecule has 0 aliphatic heterocycles. The third kappa shape index (κ3) is 9.51. The largest absolute Gasteiger partial charge is 0.507 e. The van der Waals surface area contributed by atoms with E-state index >= 15 is 0 Å². The number of nitriles is 2. The molecule has 6 aromatic carbocycles. The molecule has 0 unspecified atom stereocenters. The Kier molecular flexibility index (Phi) is 12.1. The van der Waals surface area contributed by atoms with Crippen molar-refractivity contribution < 1.29 is 19.7 Å². The first-order valence-electron chi connectivity index (χ1n) is 20.8. The Morgan fingerprint density at radius 1 is 0.450 bits per heavy atom. The smallest absolute Gasteiger partial charge is 0.126 e. The van der Waals surface area contributed by atoms with E-state index in [4.69, 9.17) is 9.47 Å². The fraction of sp³-hybridized carbons (Fsp3) is 0.296. The van der Waals surface area contributed by atoms with Crippen LogP contribution in [0.4, 0.5) is 0 Å². The lowest BCUT2D eigenvalue weighted by molar-refractivity contribution is 0.300. The molecule has 6 nitrogen and oxygen atoms in total. The molecule has 0 heterocycles. The molecule has 0 aromatic heterocycles. The van der Waals surface area contributed by atoms with Gasteiger partial charge in [-0.1, -0.05) is 151 Å². The lowest BCUT2D eigenvalue weighted by Gasteiger charge is -2.26. The average Bonchev–Trinajstić information content (AvgIpc) is 3.20. The number of phenolic OH excluding ortho intramolecular Hbond substituents is 2. The number of hydrogen-bond acceptors (Lipinski definition) is 6. The van der Waals surface area contributed by atoms with Gasteiger partial charge in [0.2, 0.25) is 0 Å². The highest BCUT2D eigenvalue weighted by Gasteiger charge is 2.26. The third-order valence-electron chi connectivity index (χ3n) is 11.4. The molecule has 0 atom stereocenters. The van der Waals surface area contributed by atoms with Crippen LogP contribution in [0.5, 0.6) is 23.0 Å². The summed E-state index contributed by atoms with van der Waals surface area (Å²) in [6, 6.07) is 41.3. The molecule has 0 fully saturated rings. The van der Waals surface area contributed by atoms with Gasteiger partial charge in [0.15, 0.2) is 0 Å². The molecule has 7 rings (SSSR count). The number of fused-ring (bicyclic) bond motifs is 8. The van der Waals surface area contributed by atoms with Gasteiger partial charge in [0.1, 0.15) is 36.2 Å². The van der Waals surface area contributed by atoms with E-state index in [0.717, 1.165) is 77.9 Å². The molecule has 0 saturated heterocycles. The molecule has 0 spiro atoms. The Morgan fingerprint density at radius 3 is 1.02 bits per heavy atom. The van der Waals surface area contributed by atoms with Crippen molar-refractivity contribution in [2.24, 2.45) is 0 Å². The van der Waals surface area contributed by atoms with Crippen LogP contribution in [-0.2, 0) is 62.6 Å². The van der Waals surface area contributed by atoms with Crippen LogP contribution in [0.3, 0.4) is 0 Å². The van der Waals surface area contributed by atoms with Gasteiger partial charge < -0.3 is 19.7 Å². The number of rotatable bonds is 8. The van der Waals surface area contributed by atoms with Crippen molar-refractivity contribution in [1.82, 2.24) is 0 Å². The van der Waals surface area contributed by atoms with Gasteiger partial charge in [0.25, 0.3) is 0 Å². The topological polar surface area (TPSA) is 107 Å². The van der Waals surface area contributed by atoms with Crippen molar-refractivity contribution >= 4 is 0 Å². The van der Waals surface area contributed by atoms with E-state index < -0.39 is 0 Å². The molecule has 0 saturated carbocycles. The molecule has 1 aliphatic carbocycles. The van der Waals surface area contributed by atoms with Crippen molar-refractivity contribution in [3.8, 4) is 35.1 Å². The Hall–Kier alpha value is -6.50. The third-order valence-corrected chi connectivity index (χ3v) is 11.4. The summed E-state index contributed by atoms with van der Waals surface area (Å²) in [5.41, 5.74) is 11.7.